The van der Waals surface area contributed by atoms with Crippen molar-refractivity contribution >= 4 is 11.9 Å². The maximum Gasteiger partial charge on any atom is 0.317 e. The molecule has 0 aromatic carbocycles. The molecule has 1 N–H and O–H groups in total. The molecule has 0 aromatic rings. The van der Waals surface area contributed by atoms with Crippen LogP contribution in [-0.4, -0.2) is 23.7 Å². The van der Waals surface area contributed by atoms with E-state index in [2.05, 4.69) is 39.5 Å². The van der Waals surface area contributed by atoms with Crippen molar-refractivity contribution in [3.8, 4) is 0 Å². The van der Waals surface area contributed by atoms with Crippen LogP contribution >= 0.6 is 0 Å². The van der Waals surface area contributed by atoms with Crippen LogP contribution in [0.5, 0.6) is 0 Å². The van der Waals surface area contributed by atoms with Gasteiger partial charge in [0.1, 0.15) is 6.42 Å². The smallest absolute Gasteiger partial charge is 0.317 e. The molecule has 0 bridgehead atoms. The number of fused-ring (bicyclic) bond motifs is 3. The van der Waals surface area contributed by atoms with E-state index in [4.69, 9.17) is 9.84 Å². The molecule has 5 atom stereocenters. The van der Waals surface area contributed by atoms with E-state index < -0.39 is 18.4 Å². The minimum absolute atomic E-state index is 0.0810. The Balaban J connectivity index is 1.79. The fourth-order valence-electron chi connectivity index (χ4n) is 6.33. The van der Waals surface area contributed by atoms with Gasteiger partial charge in [-0.25, -0.2) is 0 Å². The number of carbonyl (C=O) groups excluding carboxylic acids is 1. The topological polar surface area (TPSA) is 63.6 Å². The van der Waals surface area contributed by atoms with Crippen LogP contribution in [0.3, 0.4) is 0 Å². The average molecular weight is 375 g/mol. The van der Waals surface area contributed by atoms with Crippen LogP contribution in [0.4, 0.5) is 0 Å². The van der Waals surface area contributed by atoms with E-state index in [0.29, 0.717) is 18.4 Å². The summed E-state index contributed by atoms with van der Waals surface area (Å²) in [5.74, 6) is -0.671. The molecule has 4 nitrogen and oxygen atoms in total. The first-order chi connectivity index (χ1) is 12.6. The molecule has 0 aliphatic heterocycles. The Labute approximate surface area is 163 Å². The van der Waals surface area contributed by atoms with Crippen molar-refractivity contribution in [2.24, 2.45) is 28.1 Å². The second-order valence-corrected chi connectivity index (χ2v) is 9.94. The van der Waals surface area contributed by atoms with E-state index in [1.807, 2.05) is 0 Å². The lowest BCUT2D eigenvalue weighted by Crippen LogP contribution is -2.52. The zero-order valence-electron chi connectivity index (χ0n) is 17.1. The summed E-state index contributed by atoms with van der Waals surface area (Å²) < 4.78 is 5.42. The van der Waals surface area contributed by atoms with Gasteiger partial charge in [-0.05, 0) is 61.2 Å². The van der Waals surface area contributed by atoms with Gasteiger partial charge < -0.3 is 9.84 Å². The van der Waals surface area contributed by atoms with Crippen LogP contribution in [0.1, 0.15) is 72.1 Å². The van der Waals surface area contributed by atoms with Crippen molar-refractivity contribution in [3.63, 3.8) is 0 Å². The second-order valence-electron chi connectivity index (χ2n) is 9.94. The standard InChI is InChI=1S/C23H34O4/c1-5-21(2)12-9-17-16(14-21)7-8-18-22(3,10-6-11-23(17,18)4)15-27-20(26)13-19(24)25/h5,7,17-18H,1,6,8-15H2,2-4H3,(H,24,25)/t17-,18+,21+,22+,23-/m0/s1. The molecule has 27 heavy (non-hydrogen) atoms. The average Bonchev–Trinajstić information content (AvgIpc) is 2.59. The molecule has 0 spiro atoms. The predicted molar refractivity (Wildman–Crippen MR) is 105 cm³/mol. The van der Waals surface area contributed by atoms with Crippen molar-refractivity contribution in [3.05, 3.63) is 24.3 Å². The minimum Gasteiger partial charge on any atom is -0.481 e. The number of allylic oxidation sites excluding steroid dienone is 3. The summed E-state index contributed by atoms with van der Waals surface area (Å²) in [5, 5.41) is 8.79. The van der Waals surface area contributed by atoms with Crippen LogP contribution in [0.25, 0.3) is 0 Å². The monoisotopic (exact) mass is 374 g/mol. The molecule has 0 amide bonds. The molecule has 0 unspecified atom stereocenters. The maximum absolute atomic E-state index is 11.8. The number of aliphatic carboxylic acids is 1. The Kier molecular flexibility index (Phi) is 5.31. The first-order valence-electron chi connectivity index (χ1n) is 10.3. The molecular weight excluding hydrogens is 340 g/mol. The van der Waals surface area contributed by atoms with Gasteiger partial charge in [-0.2, -0.15) is 0 Å². The van der Waals surface area contributed by atoms with Gasteiger partial charge in [0.25, 0.3) is 0 Å². The molecule has 0 radical (unpaired) electrons. The molecule has 0 heterocycles. The van der Waals surface area contributed by atoms with Crippen molar-refractivity contribution in [2.45, 2.75) is 72.1 Å². The normalized spacial score (nSPS) is 40.9. The molecule has 0 aromatic heterocycles. The van der Waals surface area contributed by atoms with Crippen molar-refractivity contribution < 1.29 is 19.4 Å². The third-order valence-corrected chi connectivity index (χ3v) is 7.92. The van der Waals surface area contributed by atoms with E-state index in [0.717, 1.165) is 25.7 Å². The summed E-state index contributed by atoms with van der Waals surface area (Å²) in [6, 6.07) is 0. The van der Waals surface area contributed by atoms with E-state index in [-0.39, 0.29) is 16.2 Å². The van der Waals surface area contributed by atoms with Gasteiger partial charge in [0.15, 0.2) is 0 Å². The number of hydrogen-bond acceptors (Lipinski definition) is 3. The summed E-state index contributed by atoms with van der Waals surface area (Å²) in [7, 11) is 0. The molecule has 4 heteroatoms. The SMILES string of the molecule is C=C[C@]1(C)CC[C@H]2C(=CC[C@@H]3[C@@](C)(COC(=O)CC(=O)O)CCC[C@]32C)C1. The fraction of sp³-hybridized carbons (Fsp3) is 0.739. The molecule has 2 saturated carbocycles. The first-order valence-corrected chi connectivity index (χ1v) is 10.3. The summed E-state index contributed by atoms with van der Waals surface area (Å²) in [4.78, 5) is 22.5. The van der Waals surface area contributed by atoms with Crippen molar-refractivity contribution in [1.29, 1.82) is 0 Å². The molecule has 0 saturated heterocycles. The first kappa shape index (κ1) is 20.2. The fourth-order valence-corrected chi connectivity index (χ4v) is 6.33. The molecule has 3 rings (SSSR count). The third kappa shape index (κ3) is 3.72. The Hall–Kier alpha value is -1.58. The van der Waals surface area contributed by atoms with Gasteiger partial charge in [0.05, 0.1) is 6.61 Å². The summed E-state index contributed by atoms with van der Waals surface area (Å²) in [6.45, 7) is 11.4. The van der Waals surface area contributed by atoms with Crippen LogP contribution in [-0.2, 0) is 14.3 Å². The molecule has 3 aliphatic rings. The van der Waals surface area contributed by atoms with Gasteiger partial charge in [-0.15, -0.1) is 6.58 Å². The molecule has 3 aliphatic carbocycles. The number of carbonyl (C=O) groups is 2. The van der Waals surface area contributed by atoms with Gasteiger partial charge >= 0.3 is 11.9 Å². The van der Waals surface area contributed by atoms with E-state index in [9.17, 15) is 9.59 Å². The van der Waals surface area contributed by atoms with Gasteiger partial charge in [0.2, 0.25) is 0 Å². The number of carboxylic acids is 1. The molecular formula is C23H34O4. The largest absolute Gasteiger partial charge is 0.481 e. The van der Waals surface area contributed by atoms with Crippen LogP contribution in [0, 0.1) is 28.1 Å². The Morgan fingerprint density at radius 2 is 2.04 bits per heavy atom. The summed E-state index contributed by atoms with van der Waals surface area (Å²) >= 11 is 0. The predicted octanol–water partition coefficient (Wildman–Crippen LogP) is 5.14. The highest BCUT2D eigenvalue weighted by molar-refractivity contribution is 5.90. The third-order valence-electron chi connectivity index (χ3n) is 7.92. The minimum atomic E-state index is -1.13. The molecule has 150 valence electrons. The van der Waals surface area contributed by atoms with E-state index in [1.165, 1.54) is 19.3 Å². The number of esters is 1. The van der Waals surface area contributed by atoms with Crippen LogP contribution in [0.15, 0.2) is 24.3 Å². The highest BCUT2D eigenvalue weighted by Crippen LogP contribution is 2.63. The highest BCUT2D eigenvalue weighted by atomic mass is 16.5. The van der Waals surface area contributed by atoms with Crippen LogP contribution in [0.2, 0.25) is 0 Å². The Morgan fingerprint density at radius 1 is 1.30 bits per heavy atom. The summed E-state index contributed by atoms with van der Waals surface area (Å²) in [5.41, 5.74) is 1.98. The van der Waals surface area contributed by atoms with Gasteiger partial charge in [-0.3, -0.25) is 9.59 Å². The Morgan fingerprint density at radius 3 is 2.70 bits per heavy atom. The Bertz CT molecular complexity index is 665. The lowest BCUT2D eigenvalue weighted by molar-refractivity contribution is -0.159. The lowest BCUT2D eigenvalue weighted by atomic mass is 9.45. The van der Waals surface area contributed by atoms with Crippen LogP contribution < -0.4 is 0 Å². The maximum atomic E-state index is 11.8. The molecule has 2 fully saturated rings. The number of carboxylic acid groups (broad SMARTS) is 1. The van der Waals surface area contributed by atoms with Crippen molar-refractivity contribution in [2.75, 3.05) is 6.61 Å². The lowest BCUT2D eigenvalue weighted by Gasteiger charge is -2.59. The van der Waals surface area contributed by atoms with Gasteiger partial charge in [0, 0.05) is 5.41 Å². The quantitative estimate of drug-likeness (QED) is 0.411. The number of rotatable bonds is 5. The highest BCUT2D eigenvalue weighted by Gasteiger charge is 2.55. The van der Waals surface area contributed by atoms with E-state index >= 15 is 0 Å². The van der Waals surface area contributed by atoms with Gasteiger partial charge in [-0.1, -0.05) is 44.9 Å². The van der Waals surface area contributed by atoms with Crippen molar-refractivity contribution in [1.82, 2.24) is 0 Å². The number of hydrogen-bond donors (Lipinski definition) is 1. The van der Waals surface area contributed by atoms with E-state index in [1.54, 1.807) is 5.57 Å². The summed E-state index contributed by atoms with van der Waals surface area (Å²) in [6.07, 6.45) is 12.0. The second kappa shape index (κ2) is 7.10. The zero-order chi connectivity index (χ0) is 19.9. The zero-order valence-corrected chi connectivity index (χ0v) is 17.1. The number of ether oxygens (including phenoxy) is 1.